The molecule has 0 heterocycles. The maximum Gasteiger partial charge on any atom is 0.311 e. The van der Waals surface area contributed by atoms with Crippen LogP contribution in [0.3, 0.4) is 0 Å². The van der Waals surface area contributed by atoms with Crippen molar-refractivity contribution in [1.82, 2.24) is 5.32 Å². The molecule has 0 aliphatic rings. The molecule has 0 fully saturated rings. The predicted molar refractivity (Wildman–Crippen MR) is 91.2 cm³/mol. The third-order valence-electron chi connectivity index (χ3n) is 3.36. The lowest BCUT2D eigenvalue weighted by Crippen LogP contribution is -2.36. The largest absolute Gasteiger partial charge is 0.474 e. The summed E-state index contributed by atoms with van der Waals surface area (Å²) in [4.78, 5) is 22.7. The Balaban J connectivity index is 1.99. The van der Waals surface area contributed by atoms with Gasteiger partial charge in [-0.2, -0.15) is 0 Å². The van der Waals surface area contributed by atoms with E-state index in [4.69, 9.17) is 16.3 Å². The van der Waals surface area contributed by atoms with Gasteiger partial charge in [-0.3, -0.25) is 14.9 Å². The number of nitrogens with one attached hydrogen (secondary N) is 1. The summed E-state index contributed by atoms with van der Waals surface area (Å²) >= 11 is 5.80. The molecule has 0 saturated heterocycles. The number of aryl methyl sites for hydroxylation is 1. The van der Waals surface area contributed by atoms with E-state index in [0.29, 0.717) is 11.6 Å². The minimum atomic E-state index is -0.862. The van der Waals surface area contributed by atoms with Gasteiger partial charge in [0.15, 0.2) is 11.9 Å². The average Bonchev–Trinajstić information content (AvgIpc) is 2.55. The van der Waals surface area contributed by atoms with Crippen LogP contribution in [0.25, 0.3) is 0 Å². The lowest BCUT2D eigenvalue weighted by atomic mass is 10.2. The highest BCUT2D eigenvalue weighted by molar-refractivity contribution is 6.30. The molecule has 2 aromatic carbocycles. The molecule has 2 rings (SSSR count). The summed E-state index contributed by atoms with van der Waals surface area (Å²) in [5, 5.41) is 14.4. The fourth-order valence-electron chi connectivity index (χ4n) is 2.05. The smallest absolute Gasteiger partial charge is 0.311 e. The summed E-state index contributed by atoms with van der Waals surface area (Å²) in [5.41, 5.74) is 1.47. The first-order valence-electron chi connectivity index (χ1n) is 7.30. The van der Waals surface area contributed by atoms with Crippen molar-refractivity contribution in [2.45, 2.75) is 26.5 Å². The Morgan fingerprint density at radius 3 is 2.58 bits per heavy atom. The van der Waals surface area contributed by atoms with Crippen molar-refractivity contribution in [3.8, 4) is 5.75 Å². The topological polar surface area (TPSA) is 81.5 Å². The summed E-state index contributed by atoms with van der Waals surface area (Å²) in [5.74, 6) is -0.292. The molecule has 0 aliphatic heterocycles. The summed E-state index contributed by atoms with van der Waals surface area (Å²) in [6, 6.07) is 11.7. The highest BCUT2D eigenvalue weighted by Crippen LogP contribution is 2.28. The van der Waals surface area contributed by atoms with Crippen molar-refractivity contribution >= 4 is 23.2 Å². The number of carbonyl (C=O) groups excluding carboxylic acids is 1. The maximum absolute atomic E-state index is 12.1. The number of hydrogen-bond acceptors (Lipinski definition) is 4. The first-order valence-corrected chi connectivity index (χ1v) is 7.68. The number of ether oxygens (including phenoxy) is 1. The second-order valence-electron chi connectivity index (χ2n) is 5.33. The van der Waals surface area contributed by atoms with Gasteiger partial charge in [-0.1, -0.05) is 29.8 Å². The van der Waals surface area contributed by atoms with Gasteiger partial charge < -0.3 is 10.1 Å². The Morgan fingerprint density at radius 2 is 1.96 bits per heavy atom. The standard InChI is InChI=1S/C17H17ClN2O4/c1-11-3-8-16(15(9-11)20(22)23)24-12(2)17(21)19-10-13-4-6-14(18)7-5-13/h3-9,12H,10H2,1-2H3,(H,19,21). The average molecular weight is 349 g/mol. The van der Waals surface area contributed by atoms with Crippen LogP contribution in [0, 0.1) is 17.0 Å². The van der Waals surface area contributed by atoms with E-state index in [2.05, 4.69) is 5.32 Å². The van der Waals surface area contributed by atoms with E-state index in [9.17, 15) is 14.9 Å². The molecular weight excluding hydrogens is 332 g/mol. The fraction of sp³-hybridized carbons (Fsp3) is 0.235. The highest BCUT2D eigenvalue weighted by atomic mass is 35.5. The Labute approximate surface area is 144 Å². The zero-order chi connectivity index (χ0) is 17.7. The first kappa shape index (κ1) is 17.7. The Kier molecular flexibility index (Phi) is 5.76. The number of nitro benzene ring substituents is 1. The minimum Gasteiger partial charge on any atom is -0.474 e. The van der Waals surface area contributed by atoms with Crippen LogP contribution in [0.4, 0.5) is 5.69 Å². The maximum atomic E-state index is 12.1. The van der Waals surface area contributed by atoms with E-state index in [1.54, 1.807) is 44.2 Å². The number of nitro groups is 1. The molecule has 0 aromatic heterocycles. The van der Waals surface area contributed by atoms with E-state index in [1.807, 2.05) is 0 Å². The predicted octanol–water partition coefficient (Wildman–Crippen LogP) is 3.64. The SMILES string of the molecule is Cc1ccc(OC(C)C(=O)NCc2ccc(Cl)cc2)c([N+](=O)[O-])c1. The van der Waals surface area contributed by atoms with Gasteiger partial charge in [-0.15, -0.1) is 0 Å². The van der Waals surface area contributed by atoms with Crippen LogP contribution in [-0.4, -0.2) is 16.9 Å². The number of amides is 1. The molecule has 1 N–H and O–H groups in total. The molecule has 24 heavy (non-hydrogen) atoms. The normalized spacial score (nSPS) is 11.6. The van der Waals surface area contributed by atoms with Crippen molar-refractivity contribution in [1.29, 1.82) is 0 Å². The molecule has 1 unspecified atom stereocenters. The van der Waals surface area contributed by atoms with Gasteiger partial charge in [-0.25, -0.2) is 0 Å². The van der Waals surface area contributed by atoms with Crippen LogP contribution in [0.15, 0.2) is 42.5 Å². The van der Waals surface area contributed by atoms with Crippen molar-refractivity contribution in [2.24, 2.45) is 0 Å². The van der Waals surface area contributed by atoms with Gasteiger partial charge in [0.2, 0.25) is 0 Å². The summed E-state index contributed by atoms with van der Waals surface area (Å²) in [6.45, 7) is 3.61. The second kappa shape index (κ2) is 7.79. The third-order valence-corrected chi connectivity index (χ3v) is 3.62. The molecule has 1 amide bonds. The van der Waals surface area contributed by atoms with Gasteiger partial charge in [0.1, 0.15) is 0 Å². The van der Waals surface area contributed by atoms with E-state index < -0.39 is 11.0 Å². The quantitative estimate of drug-likeness (QED) is 0.638. The number of halogens is 1. The fourth-order valence-corrected chi connectivity index (χ4v) is 2.17. The zero-order valence-corrected chi connectivity index (χ0v) is 14.0. The highest BCUT2D eigenvalue weighted by Gasteiger charge is 2.21. The van der Waals surface area contributed by atoms with Crippen LogP contribution in [0.5, 0.6) is 5.75 Å². The van der Waals surface area contributed by atoms with Crippen LogP contribution in [0.2, 0.25) is 5.02 Å². The van der Waals surface area contributed by atoms with Gasteiger partial charge >= 0.3 is 5.69 Å². The van der Waals surface area contributed by atoms with Crippen molar-refractivity contribution in [3.05, 3.63) is 68.7 Å². The number of nitrogens with zero attached hydrogens (tertiary/aromatic N) is 1. The van der Waals surface area contributed by atoms with E-state index >= 15 is 0 Å². The lowest BCUT2D eigenvalue weighted by Gasteiger charge is -2.15. The molecule has 0 aliphatic carbocycles. The number of rotatable bonds is 6. The van der Waals surface area contributed by atoms with Crippen molar-refractivity contribution in [3.63, 3.8) is 0 Å². The second-order valence-corrected chi connectivity index (χ2v) is 5.77. The minimum absolute atomic E-state index is 0.0692. The van der Waals surface area contributed by atoms with E-state index in [-0.39, 0.29) is 17.3 Å². The molecule has 126 valence electrons. The van der Waals surface area contributed by atoms with Crippen LogP contribution >= 0.6 is 11.6 Å². The molecule has 1 atom stereocenters. The Bertz CT molecular complexity index is 747. The summed E-state index contributed by atoms with van der Waals surface area (Å²) in [6.07, 6.45) is -0.862. The van der Waals surface area contributed by atoms with Gasteiger partial charge in [0, 0.05) is 17.6 Å². The summed E-state index contributed by atoms with van der Waals surface area (Å²) < 4.78 is 5.46. The molecule has 0 saturated carbocycles. The molecule has 6 nitrogen and oxygen atoms in total. The van der Waals surface area contributed by atoms with Gasteiger partial charge in [0.05, 0.1) is 4.92 Å². The molecular formula is C17H17ClN2O4. The van der Waals surface area contributed by atoms with Gasteiger partial charge in [-0.05, 0) is 43.2 Å². The lowest BCUT2D eigenvalue weighted by molar-refractivity contribution is -0.386. The number of carbonyl (C=O) groups is 1. The first-order chi connectivity index (χ1) is 11.4. The molecule has 0 bridgehead atoms. The summed E-state index contributed by atoms with van der Waals surface area (Å²) in [7, 11) is 0. The van der Waals surface area contributed by atoms with Crippen molar-refractivity contribution in [2.75, 3.05) is 0 Å². The third kappa shape index (κ3) is 4.70. The Hall–Kier alpha value is -2.60. The molecule has 0 radical (unpaired) electrons. The van der Waals surface area contributed by atoms with Crippen LogP contribution in [0.1, 0.15) is 18.1 Å². The van der Waals surface area contributed by atoms with Crippen LogP contribution in [-0.2, 0) is 11.3 Å². The van der Waals surface area contributed by atoms with Crippen LogP contribution < -0.4 is 10.1 Å². The Morgan fingerprint density at radius 1 is 1.29 bits per heavy atom. The molecule has 0 spiro atoms. The molecule has 7 heteroatoms. The van der Waals surface area contributed by atoms with E-state index in [1.165, 1.54) is 12.1 Å². The zero-order valence-electron chi connectivity index (χ0n) is 13.3. The number of hydrogen-bond donors (Lipinski definition) is 1. The van der Waals surface area contributed by atoms with Gasteiger partial charge in [0.25, 0.3) is 5.91 Å². The number of benzene rings is 2. The monoisotopic (exact) mass is 348 g/mol. The molecule has 2 aromatic rings. The van der Waals surface area contributed by atoms with Crippen molar-refractivity contribution < 1.29 is 14.5 Å². The van der Waals surface area contributed by atoms with E-state index in [0.717, 1.165) is 11.1 Å².